The van der Waals surface area contributed by atoms with Gasteiger partial charge in [-0.3, -0.25) is 4.79 Å². The molecule has 0 aromatic heterocycles. The number of benzene rings is 2. The van der Waals surface area contributed by atoms with E-state index in [0.717, 1.165) is 5.56 Å². The summed E-state index contributed by atoms with van der Waals surface area (Å²) in [5.41, 5.74) is 0.940. The predicted molar refractivity (Wildman–Crippen MR) is 134 cm³/mol. The monoisotopic (exact) mass is 498 g/mol. The summed E-state index contributed by atoms with van der Waals surface area (Å²) in [6.45, 7) is 1.27. The first kappa shape index (κ1) is 25.2. The van der Waals surface area contributed by atoms with Gasteiger partial charge in [0.2, 0.25) is 15.9 Å². The van der Waals surface area contributed by atoms with E-state index in [0.29, 0.717) is 38.8 Å². The van der Waals surface area contributed by atoms with Crippen molar-refractivity contribution in [3.05, 3.63) is 66.2 Å². The highest BCUT2D eigenvalue weighted by atomic mass is 32.2. The van der Waals surface area contributed by atoms with Crippen LogP contribution in [0.25, 0.3) is 0 Å². The lowest BCUT2D eigenvalue weighted by Crippen LogP contribution is -2.52. The van der Waals surface area contributed by atoms with Gasteiger partial charge in [0.05, 0.1) is 16.9 Å². The normalized spacial score (nSPS) is 21.9. The Bertz CT molecular complexity index is 1120. The quantitative estimate of drug-likeness (QED) is 0.686. The molecule has 0 bridgehead atoms. The molecule has 8 nitrogen and oxygen atoms in total. The first-order valence-corrected chi connectivity index (χ1v) is 13.6. The molecule has 4 rings (SSSR count). The van der Waals surface area contributed by atoms with Crippen LogP contribution in [-0.4, -0.2) is 74.2 Å². The number of hydrogen-bond acceptors (Lipinski definition) is 4. The maximum atomic E-state index is 13.7. The highest BCUT2D eigenvalue weighted by Gasteiger charge is 2.41. The summed E-state index contributed by atoms with van der Waals surface area (Å²) in [5.74, 6) is -0.386. The number of carbonyl (C=O) groups excluding carboxylic acids is 2. The van der Waals surface area contributed by atoms with Crippen LogP contribution >= 0.6 is 0 Å². The number of nitrogens with one attached hydrogen (secondary N) is 1. The molecule has 2 aliphatic rings. The van der Waals surface area contributed by atoms with E-state index in [9.17, 15) is 18.0 Å². The summed E-state index contributed by atoms with van der Waals surface area (Å²) in [7, 11) is -0.370. The zero-order valence-corrected chi connectivity index (χ0v) is 21.2. The molecule has 0 unspecified atom stereocenters. The number of urea groups is 1. The van der Waals surface area contributed by atoms with Crippen molar-refractivity contribution in [3.8, 4) is 0 Å². The third kappa shape index (κ3) is 5.67. The van der Waals surface area contributed by atoms with E-state index in [1.165, 1.54) is 9.21 Å². The first-order chi connectivity index (χ1) is 16.8. The van der Waals surface area contributed by atoms with Crippen LogP contribution in [0.5, 0.6) is 0 Å². The molecule has 0 aliphatic carbocycles. The van der Waals surface area contributed by atoms with Gasteiger partial charge in [0.25, 0.3) is 0 Å². The topological polar surface area (TPSA) is 90.0 Å². The molecule has 0 spiro atoms. The molecule has 2 atom stereocenters. The molecule has 2 aromatic carbocycles. The second-order valence-electron chi connectivity index (χ2n) is 9.53. The van der Waals surface area contributed by atoms with Crippen molar-refractivity contribution in [3.63, 3.8) is 0 Å². The Labute approximate surface area is 207 Å². The second-order valence-corrected chi connectivity index (χ2v) is 11.4. The van der Waals surface area contributed by atoms with Crippen LogP contribution in [0.4, 0.5) is 4.79 Å². The standard InChI is InChI=1S/C26H34N4O4S/c1-28(2)26(32)27-22-15-17-29(18-16-22)25(31)21-13-14-24(20-9-5-3-6-10-20)30(19-21)35(33,34)23-11-7-4-8-12-23/h3-12,21-22,24H,13-19H2,1-2H3,(H,27,32)/t21-,24-/m1/s1. The number of amides is 3. The molecular formula is C26H34N4O4S. The van der Waals surface area contributed by atoms with Gasteiger partial charge in [-0.05, 0) is 43.4 Å². The Morgan fingerprint density at radius 2 is 1.49 bits per heavy atom. The van der Waals surface area contributed by atoms with Crippen LogP contribution in [0.3, 0.4) is 0 Å². The highest BCUT2D eigenvalue weighted by molar-refractivity contribution is 7.89. The molecule has 9 heteroatoms. The van der Waals surface area contributed by atoms with Gasteiger partial charge < -0.3 is 15.1 Å². The maximum absolute atomic E-state index is 13.7. The number of nitrogens with zero attached hydrogens (tertiary/aromatic N) is 3. The van der Waals surface area contributed by atoms with Crippen molar-refractivity contribution in [1.82, 2.24) is 19.4 Å². The number of rotatable bonds is 5. The smallest absolute Gasteiger partial charge is 0.317 e. The van der Waals surface area contributed by atoms with E-state index in [-0.39, 0.29) is 41.4 Å². The van der Waals surface area contributed by atoms with Crippen molar-refractivity contribution in [2.75, 3.05) is 33.7 Å². The molecular weight excluding hydrogens is 464 g/mol. The van der Waals surface area contributed by atoms with E-state index >= 15 is 0 Å². The van der Waals surface area contributed by atoms with Gasteiger partial charge in [0, 0.05) is 39.8 Å². The van der Waals surface area contributed by atoms with E-state index in [4.69, 9.17) is 0 Å². The average molecular weight is 499 g/mol. The fourth-order valence-corrected chi connectivity index (χ4v) is 6.66. The molecule has 2 saturated heterocycles. The predicted octanol–water partition coefficient (Wildman–Crippen LogP) is 3.09. The summed E-state index contributed by atoms with van der Waals surface area (Å²) >= 11 is 0. The Balaban J connectivity index is 1.49. The zero-order valence-electron chi connectivity index (χ0n) is 20.3. The largest absolute Gasteiger partial charge is 0.342 e. The van der Waals surface area contributed by atoms with Gasteiger partial charge in [-0.2, -0.15) is 4.31 Å². The van der Waals surface area contributed by atoms with Gasteiger partial charge in [0.1, 0.15) is 0 Å². The number of hydrogen-bond donors (Lipinski definition) is 1. The van der Waals surface area contributed by atoms with Gasteiger partial charge in [-0.1, -0.05) is 48.5 Å². The minimum Gasteiger partial charge on any atom is -0.342 e. The minimum absolute atomic E-state index is 0.00200. The van der Waals surface area contributed by atoms with Crippen LogP contribution < -0.4 is 5.32 Å². The average Bonchev–Trinajstić information content (AvgIpc) is 2.89. The summed E-state index contributed by atoms with van der Waals surface area (Å²) in [6.07, 6.45) is 2.60. The van der Waals surface area contributed by atoms with Crippen molar-refractivity contribution in [2.24, 2.45) is 5.92 Å². The number of carbonyl (C=O) groups is 2. The van der Waals surface area contributed by atoms with Crippen molar-refractivity contribution >= 4 is 22.0 Å². The molecule has 2 aliphatic heterocycles. The van der Waals surface area contributed by atoms with Gasteiger partial charge in [-0.15, -0.1) is 0 Å². The van der Waals surface area contributed by atoms with Gasteiger partial charge in [-0.25, -0.2) is 13.2 Å². The van der Waals surface area contributed by atoms with Crippen LogP contribution in [0.15, 0.2) is 65.6 Å². The SMILES string of the molecule is CN(C)C(=O)NC1CCN(C(=O)[C@@H]2CC[C@H](c3ccccc3)N(S(=O)(=O)c3ccccc3)C2)CC1. The molecule has 35 heavy (non-hydrogen) atoms. The summed E-state index contributed by atoms with van der Waals surface area (Å²) in [4.78, 5) is 29.0. The molecule has 2 aromatic rings. The molecule has 188 valence electrons. The zero-order chi connectivity index (χ0) is 25.0. The molecule has 2 fully saturated rings. The van der Waals surface area contributed by atoms with Crippen molar-refractivity contribution in [1.29, 1.82) is 0 Å². The Hall–Kier alpha value is -2.91. The summed E-state index contributed by atoms with van der Waals surface area (Å²) < 4.78 is 28.9. The molecule has 3 amide bonds. The minimum atomic E-state index is -3.78. The van der Waals surface area contributed by atoms with Gasteiger partial charge >= 0.3 is 6.03 Å². The fraction of sp³-hybridized carbons (Fsp3) is 0.462. The first-order valence-electron chi connectivity index (χ1n) is 12.2. The Kier molecular flexibility index (Phi) is 7.76. The lowest BCUT2D eigenvalue weighted by atomic mass is 9.89. The number of piperidine rings is 2. The van der Waals surface area contributed by atoms with Gasteiger partial charge in [0.15, 0.2) is 0 Å². The second kappa shape index (κ2) is 10.8. The third-order valence-corrected chi connectivity index (χ3v) is 8.85. The number of sulfonamides is 1. The molecule has 2 heterocycles. The van der Waals surface area contributed by atoms with E-state index < -0.39 is 10.0 Å². The molecule has 0 saturated carbocycles. The summed E-state index contributed by atoms with van der Waals surface area (Å²) in [6, 6.07) is 17.7. The van der Waals surface area contributed by atoms with E-state index in [1.807, 2.05) is 35.2 Å². The lowest BCUT2D eigenvalue weighted by Gasteiger charge is -2.41. The Morgan fingerprint density at radius 3 is 2.09 bits per heavy atom. The summed E-state index contributed by atoms with van der Waals surface area (Å²) in [5, 5.41) is 2.99. The van der Waals surface area contributed by atoms with E-state index in [2.05, 4.69) is 5.32 Å². The van der Waals surface area contributed by atoms with E-state index in [1.54, 1.807) is 44.4 Å². The fourth-order valence-electron chi connectivity index (χ4n) is 4.95. The van der Waals surface area contributed by atoms with Crippen LogP contribution in [0.1, 0.15) is 37.3 Å². The Morgan fingerprint density at radius 1 is 0.886 bits per heavy atom. The van der Waals surface area contributed by atoms with Crippen LogP contribution in [0.2, 0.25) is 0 Å². The van der Waals surface area contributed by atoms with Crippen LogP contribution in [-0.2, 0) is 14.8 Å². The maximum Gasteiger partial charge on any atom is 0.317 e. The lowest BCUT2D eigenvalue weighted by molar-refractivity contribution is -0.138. The highest BCUT2D eigenvalue weighted by Crippen LogP contribution is 2.38. The third-order valence-electron chi connectivity index (χ3n) is 6.96. The van der Waals surface area contributed by atoms with Crippen molar-refractivity contribution in [2.45, 2.75) is 42.7 Å². The van der Waals surface area contributed by atoms with Crippen molar-refractivity contribution < 1.29 is 18.0 Å². The molecule has 1 N–H and O–H groups in total. The van der Waals surface area contributed by atoms with Crippen LogP contribution in [0, 0.1) is 5.92 Å². The molecule has 0 radical (unpaired) electrons. The number of likely N-dealkylation sites (tertiary alicyclic amines) is 1.